The molecule has 0 spiro atoms. The van der Waals surface area contributed by atoms with E-state index in [-0.39, 0.29) is 34.6 Å². The lowest BCUT2D eigenvalue weighted by Crippen LogP contribution is -2.03. The molecule has 0 saturated heterocycles. The van der Waals surface area contributed by atoms with E-state index in [0.717, 1.165) is 51.6 Å². The van der Waals surface area contributed by atoms with Gasteiger partial charge in [0.2, 0.25) is 0 Å². The average molecular weight is 1870 g/mol. The standard InChI is InChI=1S/C30H15Cl3N6.C18H9F3N6.3C18H12N6/c1-36-30(26-4-7-39-18-29(26)33)13-21-9-19(11-22(14-34)24-2-5-37-16-27(24)31)8-20(10-21)12-23(15-35)25-3-6-38-17-28(25)32;19-10-1-4-22-13(7-10)16-25-17(14-8-11(20)2-5-23-14)27-18(26-16)15-9-12(21)3-6-24-15;1-7-19-8-2-13(1)16-22-17(14-3-9-20-10-4-14)24-18(23-16)15-5-11-21-12-6-15;1-4-13(10-19-7-1)16-22-17(14-5-2-8-20-11-14)24-18(23-16)15-6-3-9-21-12-15;1-4-10-19-13(7-1)16-22-17(14-8-2-5-11-20-14)24-18(23-16)15-9-3-6-12-21-15/h2-13,16-18H;1-9H;3*1-12H/b22-11+,23-12+,30-13-;;;;. The molecule has 0 saturated carbocycles. The smallest absolute Gasteiger partial charge is 0.196 e. The van der Waals surface area contributed by atoms with Crippen molar-refractivity contribution in [1.29, 1.82) is 10.5 Å². The van der Waals surface area contributed by atoms with E-state index in [1.54, 1.807) is 148 Å². The number of nitriles is 2. The van der Waals surface area contributed by atoms with Crippen LogP contribution in [0.2, 0.25) is 15.1 Å². The van der Waals surface area contributed by atoms with Gasteiger partial charge in [-0.3, -0.25) is 74.8 Å². The molecule has 0 unspecified atom stereocenters. The highest BCUT2D eigenvalue weighted by Gasteiger charge is 2.21. The van der Waals surface area contributed by atoms with Gasteiger partial charge in [-0.2, -0.15) is 10.5 Å². The van der Waals surface area contributed by atoms with E-state index in [1.165, 1.54) is 55.4 Å². The van der Waals surface area contributed by atoms with Crippen molar-refractivity contribution in [3.05, 3.63) is 426 Å². The number of benzene rings is 1. The van der Waals surface area contributed by atoms with E-state index in [2.05, 4.69) is 152 Å². The van der Waals surface area contributed by atoms with E-state index in [4.69, 9.17) is 41.4 Å². The molecule has 0 fully saturated rings. The minimum Gasteiger partial charge on any atom is -0.265 e. The third kappa shape index (κ3) is 24.3. The Hall–Kier alpha value is -19.1. The molecule has 0 atom stereocenters. The monoisotopic (exact) mass is 1870 g/mol. The summed E-state index contributed by atoms with van der Waals surface area (Å²) < 4.78 is 40.7. The number of allylic oxidation sites excluding steroid dienone is 2. The minimum atomic E-state index is -0.531. The average Bonchev–Trinajstić information content (AvgIpc) is 0.764. The zero-order valence-electron chi connectivity index (χ0n) is 71.3. The Kier molecular flexibility index (Phi) is 30.5. The van der Waals surface area contributed by atoms with Crippen LogP contribution in [0.4, 0.5) is 13.2 Å². The Morgan fingerprint density at radius 2 is 0.522 bits per heavy atom. The van der Waals surface area contributed by atoms with Gasteiger partial charge in [0, 0.05) is 217 Å². The Bertz CT molecular complexity index is 6720. The SMILES string of the molecule is Fc1ccnc(-c2nc(-c3cc(F)ccn3)nc(-c3cc(F)ccn3)n2)c1.[C-]#[N+]/C(=C\c1cc(/C=C(\C#N)c2ccncc2Cl)cc(/C=C(\C#N)c2ccncc2Cl)c1)c1ccncc1Cl.c1cc(-c2nc(-c3ccncc3)nc(-c3ccncc3)n2)ccn1.c1ccc(-c2nc(-c3ccccn3)nc(-c3ccccn3)n2)nc1.c1cncc(-c2nc(-c3cccnc3)nc(-c3cccnc3)n2)c1. The number of halogens is 6. The highest BCUT2D eigenvalue weighted by Crippen LogP contribution is 2.34. The maximum atomic E-state index is 13.6. The van der Waals surface area contributed by atoms with Crippen LogP contribution in [-0.4, -0.2) is 135 Å². The number of hydrogen-bond acceptors (Lipinski definition) is 29. The summed E-state index contributed by atoms with van der Waals surface area (Å²) in [5.41, 5.74) is 12.0. The molecule has 660 valence electrons. The van der Waals surface area contributed by atoms with Crippen molar-refractivity contribution in [2.45, 2.75) is 0 Å². The third-order valence-electron chi connectivity index (χ3n) is 19.1. The quantitative estimate of drug-likeness (QED) is 0.0568. The normalized spacial score (nSPS) is 10.9. The van der Waals surface area contributed by atoms with Crippen LogP contribution in [0, 0.1) is 46.7 Å². The fourth-order valence-electron chi connectivity index (χ4n) is 12.7. The van der Waals surface area contributed by atoms with Crippen LogP contribution in [0.1, 0.15) is 33.4 Å². The van der Waals surface area contributed by atoms with Gasteiger partial charge in [-0.1, -0.05) is 53.0 Å². The number of rotatable bonds is 18. The van der Waals surface area contributed by atoms with Gasteiger partial charge in [0.1, 0.15) is 51.6 Å². The van der Waals surface area contributed by atoms with Crippen LogP contribution < -0.4 is 0 Å². The molecule has 0 aliphatic carbocycles. The van der Waals surface area contributed by atoms with E-state index in [9.17, 15) is 23.7 Å². The fourth-order valence-corrected chi connectivity index (χ4v) is 13.4. The molecule has 0 aliphatic rings. The van der Waals surface area contributed by atoms with Crippen LogP contribution in [0.3, 0.4) is 0 Å². The maximum Gasteiger partial charge on any atom is 0.196 e. The molecule has 0 radical (unpaired) electrons. The number of hydrogen-bond donors (Lipinski definition) is 0. The molecule has 0 amide bonds. The van der Waals surface area contributed by atoms with Gasteiger partial charge < -0.3 is 0 Å². The molecular weight excluding hydrogens is 1810 g/mol. The predicted molar refractivity (Wildman–Crippen MR) is 514 cm³/mol. The van der Waals surface area contributed by atoms with Crippen molar-refractivity contribution < 1.29 is 13.2 Å². The molecule has 0 bridgehead atoms. The number of aromatic nitrogens is 27. The zero-order chi connectivity index (χ0) is 95.2. The Morgan fingerprint density at radius 1 is 0.254 bits per heavy atom. The Morgan fingerprint density at radius 3 is 0.790 bits per heavy atom. The first-order valence-electron chi connectivity index (χ1n) is 41.1. The molecule has 1 aromatic carbocycles. The predicted octanol–water partition coefficient (Wildman–Crippen LogP) is 21.0. The van der Waals surface area contributed by atoms with Gasteiger partial charge in [0.25, 0.3) is 0 Å². The molecule has 20 rings (SSSR count). The summed E-state index contributed by atoms with van der Waals surface area (Å²) in [6.07, 6.45) is 43.7. The maximum absolute atomic E-state index is 13.6. The summed E-state index contributed by atoms with van der Waals surface area (Å²) in [6.45, 7) is 7.73. The molecule has 20 aromatic rings. The topological polar surface area (TPSA) is 400 Å². The summed E-state index contributed by atoms with van der Waals surface area (Å²) in [5.74, 6) is 3.45. The summed E-state index contributed by atoms with van der Waals surface area (Å²) >= 11 is 18.9. The lowest BCUT2D eigenvalue weighted by Gasteiger charge is -2.08. The minimum absolute atomic E-state index is 0.0200. The van der Waals surface area contributed by atoms with Gasteiger partial charge in [0.15, 0.2) is 75.6 Å². The van der Waals surface area contributed by atoms with Crippen LogP contribution in [0.25, 0.3) is 177 Å². The Balaban J connectivity index is 0.000000126. The summed E-state index contributed by atoms with van der Waals surface area (Å²) in [5, 5.41) is 20.8. The van der Waals surface area contributed by atoms with E-state index >= 15 is 0 Å². The second-order valence-electron chi connectivity index (χ2n) is 28.4. The molecule has 0 aliphatic heterocycles. The first-order valence-corrected chi connectivity index (χ1v) is 42.2. The highest BCUT2D eigenvalue weighted by molar-refractivity contribution is 6.33. The van der Waals surface area contributed by atoms with E-state index in [0.29, 0.717) is 135 Å². The Labute approximate surface area is 798 Å². The molecule has 0 N–H and O–H groups in total. The highest BCUT2D eigenvalue weighted by atomic mass is 35.5. The van der Waals surface area contributed by atoms with Crippen molar-refractivity contribution in [2.24, 2.45) is 0 Å². The molecule has 30 nitrogen and oxygen atoms in total. The van der Waals surface area contributed by atoms with Crippen molar-refractivity contribution in [1.82, 2.24) is 135 Å². The molecule has 19 aromatic heterocycles. The van der Waals surface area contributed by atoms with Crippen LogP contribution in [0.15, 0.2) is 349 Å². The van der Waals surface area contributed by atoms with Crippen molar-refractivity contribution in [2.75, 3.05) is 0 Å². The van der Waals surface area contributed by atoms with E-state index < -0.39 is 17.5 Å². The van der Waals surface area contributed by atoms with Crippen molar-refractivity contribution in [3.63, 3.8) is 0 Å². The largest absolute Gasteiger partial charge is 0.265 e. The summed E-state index contributed by atoms with van der Waals surface area (Å²) in [7, 11) is 0. The van der Waals surface area contributed by atoms with Crippen LogP contribution in [-0.2, 0) is 0 Å². The first kappa shape index (κ1) is 92.1. The van der Waals surface area contributed by atoms with Crippen molar-refractivity contribution in [3.8, 4) is 150 Å². The van der Waals surface area contributed by atoms with Gasteiger partial charge in [0.05, 0.1) is 44.9 Å². The molecule has 19 heterocycles. The summed E-state index contributed by atoms with van der Waals surface area (Å²) in [6, 6.07) is 61.1. The first-order chi connectivity index (χ1) is 67.7. The summed E-state index contributed by atoms with van der Waals surface area (Å²) in [4.78, 5) is 119. The second-order valence-corrected chi connectivity index (χ2v) is 29.6. The fraction of sp³-hybridized carbons (Fsp3) is 0. The van der Waals surface area contributed by atoms with Gasteiger partial charge in [-0.05, 0) is 199 Å². The molecule has 36 heteroatoms. The lowest BCUT2D eigenvalue weighted by molar-refractivity contribution is 0.626. The van der Waals surface area contributed by atoms with Crippen LogP contribution >= 0.6 is 34.8 Å². The van der Waals surface area contributed by atoms with E-state index in [1.807, 2.05) is 146 Å². The third-order valence-corrected chi connectivity index (χ3v) is 20.0. The number of nitrogens with zero attached hydrogens (tertiary/aromatic N) is 30. The van der Waals surface area contributed by atoms with Gasteiger partial charge in [-0.25, -0.2) is 77.8 Å². The lowest BCUT2D eigenvalue weighted by atomic mass is 9.98. The van der Waals surface area contributed by atoms with Crippen LogP contribution in [0.5, 0.6) is 0 Å². The van der Waals surface area contributed by atoms with Gasteiger partial charge >= 0.3 is 0 Å². The zero-order valence-corrected chi connectivity index (χ0v) is 73.6. The second kappa shape index (κ2) is 45.6. The van der Waals surface area contributed by atoms with Crippen molar-refractivity contribution >= 4 is 69.9 Å². The molecular formula is C102H60Cl3F3N30. The number of pyridine rings is 15. The molecule has 138 heavy (non-hydrogen) atoms. The van der Waals surface area contributed by atoms with Gasteiger partial charge in [-0.15, -0.1) is 0 Å².